The Kier molecular flexibility index (Phi) is 6.42. The van der Waals surface area contributed by atoms with E-state index in [1.165, 1.54) is 12.0 Å². The van der Waals surface area contributed by atoms with E-state index < -0.39 is 18.6 Å². The predicted octanol–water partition coefficient (Wildman–Crippen LogP) is -0.710. The number of ether oxygens (including phenoxy) is 1. The molecule has 7 heteroatoms. The van der Waals surface area contributed by atoms with Crippen LogP contribution in [0.15, 0.2) is 0 Å². The SMILES string of the molecule is COCCN(C)C(=O)NOCC(=O)O. The van der Waals surface area contributed by atoms with Crippen molar-refractivity contribution in [2.24, 2.45) is 0 Å². The first kappa shape index (κ1) is 12.7. The molecular formula is C7H14N2O5. The van der Waals surface area contributed by atoms with Gasteiger partial charge in [-0.3, -0.25) is 4.84 Å². The minimum Gasteiger partial charge on any atom is -0.479 e. The number of rotatable bonds is 6. The first-order valence-electron chi connectivity index (χ1n) is 3.91. The maximum atomic E-state index is 11.1. The Bertz CT molecular complexity index is 197. The summed E-state index contributed by atoms with van der Waals surface area (Å²) in [6, 6.07) is -0.511. The van der Waals surface area contributed by atoms with Crippen molar-refractivity contribution in [1.29, 1.82) is 0 Å². The molecule has 14 heavy (non-hydrogen) atoms. The Morgan fingerprint density at radius 1 is 1.50 bits per heavy atom. The van der Waals surface area contributed by atoms with E-state index in [9.17, 15) is 9.59 Å². The average Bonchev–Trinajstić information content (AvgIpc) is 2.13. The lowest BCUT2D eigenvalue weighted by Gasteiger charge is -2.16. The van der Waals surface area contributed by atoms with Gasteiger partial charge in [0.25, 0.3) is 0 Å². The number of carbonyl (C=O) groups excluding carboxylic acids is 1. The average molecular weight is 206 g/mol. The van der Waals surface area contributed by atoms with E-state index >= 15 is 0 Å². The van der Waals surface area contributed by atoms with Crippen LogP contribution in [-0.4, -0.2) is 55.9 Å². The Morgan fingerprint density at radius 3 is 2.64 bits per heavy atom. The van der Waals surface area contributed by atoms with E-state index in [0.29, 0.717) is 13.2 Å². The molecule has 0 unspecified atom stereocenters. The molecule has 2 N–H and O–H groups in total. The summed E-state index contributed by atoms with van der Waals surface area (Å²) in [4.78, 5) is 26.8. The molecule has 0 aliphatic carbocycles. The van der Waals surface area contributed by atoms with Crippen LogP contribution in [0.2, 0.25) is 0 Å². The van der Waals surface area contributed by atoms with Gasteiger partial charge in [0.1, 0.15) is 0 Å². The number of amides is 2. The van der Waals surface area contributed by atoms with Gasteiger partial charge in [0, 0.05) is 20.7 Å². The number of hydrogen-bond donors (Lipinski definition) is 2. The van der Waals surface area contributed by atoms with Crippen LogP contribution in [0.5, 0.6) is 0 Å². The standard InChI is InChI=1S/C7H14N2O5/c1-9(3-4-13-2)7(12)8-14-5-6(10)11/h3-5H2,1-2H3,(H,8,12)(H,10,11). The number of carboxylic acid groups (broad SMARTS) is 1. The minimum atomic E-state index is -1.15. The van der Waals surface area contributed by atoms with Crippen LogP contribution < -0.4 is 5.48 Å². The molecule has 82 valence electrons. The molecule has 0 spiro atoms. The molecule has 0 aromatic heterocycles. The van der Waals surface area contributed by atoms with Crippen molar-refractivity contribution >= 4 is 12.0 Å². The van der Waals surface area contributed by atoms with Crippen molar-refractivity contribution in [1.82, 2.24) is 10.4 Å². The topological polar surface area (TPSA) is 88.1 Å². The molecule has 0 saturated heterocycles. The summed E-state index contributed by atoms with van der Waals surface area (Å²) in [5.41, 5.74) is 1.97. The fraction of sp³-hybridized carbons (Fsp3) is 0.714. The molecule has 2 amide bonds. The lowest BCUT2D eigenvalue weighted by atomic mass is 10.6. The number of nitrogens with zero attached hydrogens (tertiary/aromatic N) is 1. The number of urea groups is 1. The highest BCUT2D eigenvalue weighted by Crippen LogP contribution is 1.84. The quantitative estimate of drug-likeness (QED) is 0.560. The van der Waals surface area contributed by atoms with Crippen molar-refractivity contribution < 1.29 is 24.3 Å². The van der Waals surface area contributed by atoms with E-state index in [-0.39, 0.29) is 0 Å². The molecule has 0 aliphatic heterocycles. The molecule has 0 aromatic carbocycles. The molecule has 0 bridgehead atoms. The highest BCUT2D eigenvalue weighted by molar-refractivity contribution is 5.73. The normalized spacial score (nSPS) is 9.57. The largest absolute Gasteiger partial charge is 0.479 e. The van der Waals surface area contributed by atoms with Gasteiger partial charge in [-0.05, 0) is 0 Å². The smallest absolute Gasteiger partial charge is 0.341 e. The van der Waals surface area contributed by atoms with Crippen LogP contribution in [0.3, 0.4) is 0 Å². The summed E-state index contributed by atoms with van der Waals surface area (Å²) >= 11 is 0. The predicted molar refractivity (Wildman–Crippen MR) is 46.6 cm³/mol. The van der Waals surface area contributed by atoms with Gasteiger partial charge in [-0.25, -0.2) is 15.1 Å². The van der Waals surface area contributed by atoms with E-state index in [1.807, 2.05) is 5.48 Å². The molecule has 0 fully saturated rings. The van der Waals surface area contributed by atoms with E-state index in [4.69, 9.17) is 9.84 Å². The van der Waals surface area contributed by atoms with Crippen LogP contribution in [0.4, 0.5) is 4.79 Å². The van der Waals surface area contributed by atoms with Crippen molar-refractivity contribution in [2.45, 2.75) is 0 Å². The van der Waals surface area contributed by atoms with Gasteiger partial charge < -0.3 is 14.7 Å². The molecule has 0 rings (SSSR count). The van der Waals surface area contributed by atoms with E-state index in [0.717, 1.165) is 0 Å². The summed E-state index contributed by atoms with van der Waals surface area (Å²) in [5.74, 6) is -1.15. The third-order valence-corrected chi connectivity index (χ3v) is 1.33. The van der Waals surface area contributed by atoms with Crippen molar-refractivity contribution in [3.8, 4) is 0 Å². The van der Waals surface area contributed by atoms with Crippen LogP contribution in [0.1, 0.15) is 0 Å². The number of methoxy groups -OCH3 is 1. The monoisotopic (exact) mass is 206 g/mol. The summed E-state index contributed by atoms with van der Waals surface area (Å²) < 4.78 is 4.75. The summed E-state index contributed by atoms with van der Waals surface area (Å²) in [5, 5.41) is 8.20. The Balaban J connectivity index is 3.56. The second-order valence-corrected chi connectivity index (χ2v) is 2.50. The van der Waals surface area contributed by atoms with Gasteiger partial charge in [-0.2, -0.15) is 0 Å². The van der Waals surface area contributed by atoms with Gasteiger partial charge in [-0.1, -0.05) is 0 Å². The van der Waals surface area contributed by atoms with Crippen LogP contribution in [0, 0.1) is 0 Å². The zero-order valence-corrected chi connectivity index (χ0v) is 8.15. The molecule has 0 atom stereocenters. The van der Waals surface area contributed by atoms with Gasteiger partial charge in [0.2, 0.25) is 0 Å². The lowest BCUT2D eigenvalue weighted by molar-refractivity contribution is -0.144. The molecule has 0 aliphatic rings. The van der Waals surface area contributed by atoms with Crippen molar-refractivity contribution in [2.75, 3.05) is 33.9 Å². The maximum absolute atomic E-state index is 11.1. The highest BCUT2D eigenvalue weighted by Gasteiger charge is 2.07. The number of hydrogen-bond acceptors (Lipinski definition) is 4. The summed E-state index contributed by atoms with van der Waals surface area (Å²) in [6.45, 7) is 0.242. The lowest BCUT2D eigenvalue weighted by Crippen LogP contribution is -2.39. The van der Waals surface area contributed by atoms with Gasteiger partial charge in [0.05, 0.1) is 6.61 Å². The number of nitrogens with one attached hydrogen (secondary N) is 1. The van der Waals surface area contributed by atoms with Crippen molar-refractivity contribution in [3.05, 3.63) is 0 Å². The zero-order chi connectivity index (χ0) is 11.0. The van der Waals surface area contributed by atoms with Crippen LogP contribution in [-0.2, 0) is 14.4 Å². The molecule has 0 radical (unpaired) electrons. The Hall–Kier alpha value is -1.34. The first-order chi connectivity index (χ1) is 6.57. The number of likely N-dealkylation sites (N-methyl/N-ethyl adjacent to an activating group) is 1. The number of aliphatic carboxylic acids is 1. The Labute approximate surface area is 81.5 Å². The minimum absolute atomic E-state index is 0.402. The van der Waals surface area contributed by atoms with Crippen LogP contribution in [0.25, 0.3) is 0 Å². The fourth-order valence-electron chi connectivity index (χ4n) is 0.567. The van der Waals surface area contributed by atoms with Crippen molar-refractivity contribution in [3.63, 3.8) is 0 Å². The van der Waals surface area contributed by atoms with Gasteiger partial charge >= 0.3 is 12.0 Å². The molecule has 0 heterocycles. The van der Waals surface area contributed by atoms with Gasteiger partial charge in [-0.15, -0.1) is 0 Å². The highest BCUT2D eigenvalue weighted by atomic mass is 16.7. The zero-order valence-electron chi connectivity index (χ0n) is 8.15. The number of carboxylic acids is 1. The van der Waals surface area contributed by atoms with E-state index in [2.05, 4.69) is 4.84 Å². The van der Waals surface area contributed by atoms with E-state index in [1.54, 1.807) is 7.05 Å². The second-order valence-electron chi connectivity index (χ2n) is 2.50. The van der Waals surface area contributed by atoms with Gasteiger partial charge in [0.15, 0.2) is 6.61 Å². The molecule has 7 nitrogen and oxygen atoms in total. The Morgan fingerprint density at radius 2 is 2.14 bits per heavy atom. The third kappa shape index (κ3) is 6.21. The third-order valence-electron chi connectivity index (χ3n) is 1.33. The van der Waals surface area contributed by atoms with Crippen LogP contribution >= 0.6 is 0 Å². The second kappa shape index (κ2) is 7.10. The molecule has 0 saturated carbocycles. The molecular weight excluding hydrogens is 192 g/mol. The first-order valence-corrected chi connectivity index (χ1v) is 3.91. The maximum Gasteiger partial charge on any atom is 0.341 e. The molecule has 0 aromatic rings. The summed E-state index contributed by atoms with van der Waals surface area (Å²) in [6.07, 6.45) is 0. The number of carbonyl (C=O) groups is 2. The summed E-state index contributed by atoms with van der Waals surface area (Å²) in [7, 11) is 3.06. The number of hydroxylamine groups is 1. The fourth-order valence-corrected chi connectivity index (χ4v) is 0.567.